The van der Waals surface area contributed by atoms with Crippen molar-refractivity contribution >= 4 is 10.9 Å². The zero-order valence-electron chi connectivity index (χ0n) is 11.0. The van der Waals surface area contributed by atoms with E-state index in [-0.39, 0.29) is 12.6 Å². The number of H-pyrrole nitrogens is 1. The molecule has 1 aliphatic heterocycles. The van der Waals surface area contributed by atoms with Crippen molar-refractivity contribution in [1.82, 2.24) is 10.3 Å². The number of furan rings is 1. The Morgan fingerprint density at radius 3 is 2.95 bits per heavy atom. The number of fused-ring (bicyclic) bond motifs is 3. The molecule has 0 spiro atoms. The third-order valence-electron chi connectivity index (χ3n) is 3.98. The van der Waals surface area contributed by atoms with Crippen LogP contribution in [-0.2, 0) is 13.0 Å². The zero-order chi connectivity index (χ0) is 13.5. The second-order valence-corrected chi connectivity index (χ2v) is 5.16. The number of rotatable bonds is 2. The first-order valence-electron chi connectivity index (χ1n) is 6.89. The van der Waals surface area contributed by atoms with E-state index in [4.69, 9.17) is 9.52 Å². The molecule has 0 saturated heterocycles. The zero-order valence-corrected chi connectivity index (χ0v) is 11.0. The van der Waals surface area contributed by atoms with Gasteiger partial charge in [0.05, 0.1) is 0 Å². The van der Waals surface area contributed by atoms with E-state index in [1.54, 1.807) is 0 Å². The van der Waals surface area contributed by atoms with Crippen LogP contribution in [0.25, 0.3) is 10.9 Å². The fourth-order valence-corrected chi connectivity index (χ4v) is 3.06. The van der Waals surface area contributed by atoms with Crippen molar-refractivity contribution < 1.29 is 9.52 Å². The summed E-state index contributed by atoms with van der Waals surface area (Å²) in [5, 5.41) is 13.9. The normalized spacial score (nSPS) is 18.4. The Balaban J connectivity index is 1.85. The number of benzene rings is 1. The SMILES string of the molecule is OCc1ccc(C2NCCc3c2[nH]c2ccccc32)o1. The lowest BCUT2D eigenvalue weighted by molar-refractivity contribution is 0.240. The molecule has 4 heteroatoms. The molecule has 3 aromatic rings. The monoisotopic (exact) mass is 268 g/mol. The molecule has 4 nitrogen and oxygen atoms in total. The molecule has 2 aromatic heterocycles. The lowest BCUT2D eigenvalue weighted by Gasteiger charge is -2.22. The van der Waals surface area contributed by atoms with Crippen LogP contribution in [0, 0.1) is 0 Å². The van der Waals surface area contributed by atoms with Crippen LogP contribution in [0.15, 0.2) is 40.8 Å². The summed E-state index contributed by atoms with van der Waals surface area (Å²) < 4.78 is 5.69. The maximum atomic E-state index is 9.14. The van der Waals surface area contributed by atoms with Gasteiger partial charge in [0.2, 0.25) is 0 Å². The van der Waals surface area contributed by atoms with E-state index in [1.165, 1.54) is 22.2 Å². The van der Waals surface area contributed by atoms with Gasteiger partial charge in [0.15, 0.2) is 0 Å². The summed E-state index contributed by atoms with van der Waals surface area (Å²) in [6, 6.07) is 12.2. The number of aromatic nitrogens is 1. The molecule has 3 heterocycles. The van der Waals surface area contributed by atoms with E-state index in [1.807, 2.05) is 18.2 Å². The predicted octanol–water partition coefficient (Wildman–Crippen LogP) is 2.49. The summed E-state index contributed by atoms with van der Waals surface area (Å²) in [5.41, 5.74) is 3.71. The molecule has 4 rings (SSSR count). The molecule has 20 heavy (non-hydrogen) atoms. The number of hydrogen-bond acceptors (Lipinski definition) is 3. The van der Waals surface area contributed by atoms with Crippen LogP contribution in [0.1, 0.15) is 28.8 Å². The summed E-state index contributed by atoms with van der Waals surface area (Å²) in [6.45, 7) is 0.862. The molecule has 1 aliphatic rings. The Labute approximate surface area is 116 Å². The first-order valence-corrected chi connectivity index (χ1v) is 6.89. The van der Waals surface area contributed by atoms with Crippen LogP contribution < -0.4 is 5.32 Å². The number of aliphatic hydroxyl groups excluding tert-OH is 1. The van der Waals surface area contributed by atoms with E-state index < -0.39 is 0 Å². The largest absolute Gasteiger partial charge is 0.462 e. The van der Waals surface area contributed by atoms with Gasteiger partial charge in [-0.1, -0.05) is 18.2 Å². The topological polar surface area (TPSA) is 61.2 Å². The van der Waals surface area contributed by atoms with Crippen molar-refractivity contribution in [3.8, 4) is 0 Å². The molecule has 3 N–H and O–H groups in total. The second-order valence-electron chi connectivity index (χ2n) is 5.16. The molecule has 102 valence electrons. The van der Waals surface area contributed by atoms with Crippen LogP contribution in [0.4, 0.5) is 0 Å². The number of hydrogen-bond donors (Lipinski definition) is 3. The Kier molecular flexibility index (Phi) is 2.65. The van der Waals surface area contributed by atoms with Gasteiger partial charge in [0, 0.05) is 23.1 Å². The quantitative estimate of drug-likeness (QED) is 0.669. The number of nitrogens with one attached hydrogen (secondary N) is 2. The predicted molar refractivity (Wildman–Crippen MR) is 76.5 cm³/mol. The van der Waals surface area contributed by atoms with Gasteiger partial charge in [-0.15, -0.1) is 0 Å². The molecule has 0 saturated carbocycles. The van der Waals surface area contributed by atoms with Gasteiger partial charge in [-0.3, -0.25) is 0 Å². The number of aromatic amines is 1. The van der Waals surface area contributed by atoms with Crippen molar-refractivity contribution in [3.63, 3.8) is 0 Å². The van der Waals surface area contributed by atoms with Crippen molar-refractivity contribution in [2.24, 2.45) is 0 Å². The highest BCUT2D eigenvalue weighted by Gasteiger charge is 2.27. The van der Waals surface area contributed by atoms with Crippen molar-refractivity contribution in [2.45, 2.75) is 19.1 Å². The summed E-state index contributed by atoms with van der Waals surface area (Å²) in [4.78, 5) is 3.51. The summed E-state index contributed by atoms with van der Waals surface area (Å²) in [7, 11) is 0. The summed E-state index contributed by atoms with van der Waals surface area (Å²) in [5.74, 6) is 1.45. The van der Waals surface area contributed by atoms with E-state index in [0.717, 1.165) is 18.7 Å². The van der Waals surface area contributed by atoms with Crippen LogP contribution in [0.2, 0.25) is 0 Å². The van der Waals surface area contributed by atoms with Crippen LogP contribution in [0.3, 0.4) is 0 Å². The summed E-state index contributed by atoms with van der Waals surface area (Å²) >= 11 is 0. The van der Waals surface area contributed by atoms with Crippen LogP contribution >= 0.6 is 0 Å². The third kappa shape index (κ3) is 1.69. The molecule has 0 radical (unpaired) electrons. The maximum absolute atomic E-state index is 9.14. The highest BCUT2D eigenvalue weighted by molar-refractivity contribution is 5.85. The van der Waals surface area contributed by atoms with Gasteiger partial charge in [0.1, 0.15) is 24.2 Å². The molecule has 0 amide bonds. The van der Waals surface area contributed by atoms with Crippen LogP contribution in [-0.4, -0.2) is 16.6 Å². The van der Waals surface area contributed by atoms with Gasteiger partial charge < -0.3 is 19.8 Å². The average Bonchev–Trinajstić information content (AvgIpc) is 3.11. The highest BCUT2D eigenvalue weighted by Crippen LogP contribution is 2.33. The minimum atomic E-state index is -0.0632. The van der Waals surface area contributed by atoms with Gasteiger partial charge in [-0.2, -0.15) is 0 Å². The second kappa shape index (κ2) is 4.51. The molecule has 0 fully saturated rings. The molecule has 1 atom stereocenters. The standard InChI is InChI=1S/C16H16N2O2/c19-9-10-5-6-14(20-10)16-15-12(7-8-17-16)11-3-1-2-4-13(11)18-15/h1-6,16-19H,7-9H2. The van der Waals surface area contributed by atoms with Gasteiger partial charge >= 0.3 is 0 Å². The lowest BCUT2D eigenvalue weighted by Crippen LogP contribution is -2.30. The Hall–Kier alpha value is -2.04. The fraction of sp³-hybridized carbons (Fsp3) is 0.250. The van der Waals surface area contributed by atoms with E-state index in [2.05, 4.69) is 28.5 Å². The molecule has 0 aliphatic carbocycles. The highest BCUT2D eigenvalue weighted by atomic mass is 16.4. The average molecular weight is 268 g/mol. The smallest absolute Gasteiger partial charge is 0.129 e. The molecule has 0 bridgehead atoms. The first kappa shape index (κ1) is 11.8. The third-order valence-corrected chi connectivity index (χ3v) is 3.98. The van der Waals surface area contributed by atoms with Gasteiger partial charge in [-0.05, 0) is 30.2 Å². The van der Waals surface area contributed by atoms with Crippen molar-refractivity contribution in [3.05, 3.63) is 59.2 Å². The van der Waals surface area contributed by atoms with E-state index >= 15 is 0 Å². The minimum absolute atomic E-state index is 0.0337. The molecule has 1 aromatic carbocycles. The van der Waals surface area contributed by atoms with Crippen LogP contribution in [0.5, 0.6) is 0 Å². The lowest BCUT2D eigenvalue weighted by atomic mass is 9.98. The molecule has 1 unspecified atom stereocenters. The molecular formula is C16H16N2O2. The number of para-hydroxylation sites is 1. The van der Waals surface area contributed by atoms with Crippen molar-refractivity contribution in [2.75, 3.05) is 6.54 Å². The fourth-order valence-electron chi connectivity index (χ4n) is 3.06. The maximum Gasteiger partial charge on any atom is 0.129 e. The molecular weight excluding hydrogens is 252 g/mol. The minimum Gasteiger partial charge on any atom is -0.462 e. The Bertz CT molecular complexity index is 757. The Morgan fingerprint density at radius 2 is 2.10 bits per heavy atom. The number of aliphatic hydroxyl groups is 1. The van der Waals surface area contributed by atoms with E-state index in [0.29, 0.717) is 5.76 Å². The summed E-state index contributed by atoms with van der Waals surface area (Å²) in [6.07, 6.45) is 1.02. The first-order chi connectivity index (χ1) is 9.86. The van der Waals surface area contributed by atoms with E-state index in [9.17, 15) is 0 Å². The Morgan fingerprint density at radius 1 is 1.20 bits per heavy atom. The van der Waals surface area contributed by atoms with Crippen molar-refractivity contribution in [1.29, 1.82) is 0 Å². The van der Waals surface area contributed by atoms with Gasteiger partial charge in [0.25, 0.3) is 0 Å². The van der Waals surface area contributed by atoms with Gasteiger partial charge in [-0.25, -0.2) is 0 Å².